The second-order valence-electron chi connectivity index (χ2n) is 7.79. The number of fused-ring (bicyclic) bond motifs is 1. The topological polar surface area (TPSA) is 79.7 Å². The van der Waals surface area contributed by atoms with Crippen molar-refractivity contribution >= 4 is 44.1 Å². The van der Waals surface area contributed by atoms with E-state index in [0.717, 1.165) is 16.8 Å². The lowest BCUT2D eigenvalue weighted by molar-refractivity contribution is -0.132. The van der Waals surface area contributed by atoms with Crippen LogP contribution in [-0.2, 0) is 9.59 Å². The molecule has 0 bridgehead atoms. The number of aliphatic hydroxyl groups is 1. The number of nitrogens with zero attached hydrogens (tertiary/aromatic N) is 2. The first kappa shape index (κ1) is 22.7. The Kier molecular flexibility index (Phi) is 5.78. The standard InChI is InChI=1S/C26H18F2N2O4S/c1-2-34-18-11-12-19-20(13-18)35-26(29-19)30-22(14-3-7-16(27)8-4-14)21(24(32)25(30)33)23(31)15-5-9-17(28)10-6-15/h3-13,22,31H,2H2,1H3. The van der Waals surface area contributed by atoms with Crippen LogP contribution >= 0.6 is 11.3 Å². The molecule has 1 aromatic heterocycles. The van der Waals surface area contributed by atoms with Gasteiger partial charge in [0.05, 0.1) is 28.4 Å². The van der Waals surface area contributed by atoms with Gasteiger partial charge in [0.1, 0.15) is 23.1 Å². The second kappa shape index (κ2) is 8.92. The first-order valence-corrected chi connectivity index (χ1v) is 11.5. The highest BCUT2D eigenvalue weighted by molar-refractivity contribution is 7.22. The number of Topliss-reactive ketones (excluding diaryl/α,β-unsaturated/α-hetero) is 1. The number of thiazole rings is 1. The van der Waals surface area contributed by atoms with Gasteiger partial charge in [0, 0.05) is 5.56 Å². The predicted octanol–water partition coefficient (Wildman–Crippen LogP) is 5.60. The van der Waals surface area contributed by atoms with Gasteiger partial charge in [-0.3, -0.25) is 14.5 Å². The third-order valence-electron chi connectivity index (χ3n) is 5.61. The zero-order valence-corrected chi connectivity index (χ0v) is 19.2. The molecule has 2 heterocycles. The summed E-state index contributed by atoms with van der Waals surface area (Å²) in [6.45, 7) is 2.35. The van der Waals surface area contributed by atoms with Crippen molar-refractivity contribution in [3.05, 3.63) is 95.1 Å². The number of hydrogen-bond donors (Lipinski definition) is 1. The fourth-order valence-electron chi connectivity index (χ4n) is 4.01. The Bertz CT molecular complexity index is 1480. The van der Waals surface area contributed by atoms with Crippen LogP contribution in [0.3, 0.4) is 0 Å². The van der Waals surface area contributed by atoms with Crippen LogP contribution in [0.15, 0.2) is 72.3 Å². The summed E-state index contributed by atoms with van der Waals surface area (Å²) in [5.74, 6) is -2.63. The van der Waals surface area contributed by atoms with E-state index in [0.29, 0.717) is 23.4 Å². The molecule has 5 rings (SSSR count). The second-order valence-corrected chi connectivity index (χ2v) is 8.80. The monoisotopic (exact) mass is 492 g/mol. The molecule has 1 atom stereocenters. The summed E-state index contributed by atoms with van der Waals surface area (Å²) in [7, 11) is 0. The van der Waals surface area contributed by atoms with E-state index >= 15 is 0 Å². The van der Waals surface area contributed by atoms with Crippen molar-refractivity contribution in [1.82, 2.24) is 4.98 Å². The Morgan fingerprint density at radius 1 is 1.03 bits per heavy atom. The largest absolute Gasteiger partial charge is 0.507 e. The molecule has 9 heteroatoms. The molecular formula is C26H18F2N2O4S. The number of amides is 1. The summed E-state index contributed by atoms with van der Waals surface area (Å²) >= 11 is 1.19. The molecule has 1 aliphatic heterocycles. The van der Waals surface area contributed by atoms with Crippen LogP contribution < -0.4 is 9.64 Å². The van der Waals surface area contributed by atoms with Gasteiger partial charge < -0.3 is 9.84 Å². The van der Waals surface area contributed by atoms with Crippen molar-refractivity contribution in [1.29, 1.82) is 0 Å². The van der Waals surface area contributed by atoms with Crippen molar-refractivity contribution < 1.29 is 28.2 Å². The minimum atomic E-state index is -1.06. The molecular weight excluding hydrogens is 474 g/mol. The molecule has 35 heavy (non-hydrogen) atoms. The van der Waals surface area contributed by atoms with E-state index in [1.54, 1.807) is 18.2 Å². The Morgan fingerprint density at radius 2 is 1.69 bits per heavy atom. The maximum atomic E-state index is 13.7. The number of ketones is 1. The Morgan fingerprint density at radius 3 is 2.34 bits per heavy atom. The van der Waals surface area contributed by atoms with E-state index in [-0.39, 0.29) is 16.3 Å². The van der Waals surface area contributed by atoms with Crippen LogP contribution in [0.4, 0.5) is 13.9 Å². The molecule has 1 N–H and O–H groups in total. The number of carbonyl (C=O) groups is 2. The molecule has 0 radical (unpaired) electrons. The molecule has 0 aliphatic carbocycles. The molecule has 0 spiro atoms. The van der Waals surface area contributed by atoms with Crippen LogP contribution in [-0.4, -0.2) is 28.4 Å². The van der Waals surface area contributed by atoms with Gasteiger partial charge in [-0.15, -0.1) is 0 Å². The van der Waals surface area contributed by atoms with Crippen molar-refractivity contribution in [2.24, 2.45) is 0 Å². The zero-order valence-electron chi connectivity index (χ0n) is 18.4. The van der Waals surface area contributed by atoms with Gasteiger partial charge in [-0.25, -0.2) is 13.8 Å². The lowest BCUT2D eigenvalue weighted by atomic mass is 9.95. The fraction of sp³-hybridized carbons (Fsp3) is 0.115. The molecule has 0 saturated carbocycles. The minimum Gasteiger partial charge on any atom is -0.507 e. The summed E-state index contributed by atoms with van der Waals surface area (Å²) in [6.07, 6.45) is 0. The third-order valence-corrected chi connectivity index (χ3v) is 6.63. The summed E-state index contributed by atoms with van der Waals surface area (Å²) < 4.78 is 33.4. The maximum Gasteiger partial charge on any atom is 0.301 e. The number of halogens is 2. The highest BCUT2D eigenvalue weighted by Crippen LogP contribution is 2.44. The minimum absolute atomic E-state index is 0.169. The average molecular weight is 493 g/mol. The SMILES string of the molecule is CCOc1ccc2nc(N3C(=O)C(=O)C(=C(O)c4ccc(F)cc4)C3c3ccc(F)cc3)sc2c1. The van der Waals surface area contributed by atoms with Gasteiger partial charge in [-0.05, 0) is 67.1 Å². The Balaban J connectivity index is 1.69. The van der Waals surface area contributed by atoms with Crippen LogP contribution in [0.1, 0.15) is 24.1 Å². The molecule has 1 amide bonds. The summed E-state index contributed by atoms with van der Waals surface area (Å²) in [5.41, 5.74) is 0.986. The first-order valence-electron chi connectivity index (χ1n) is 10.7. The van der Waals surface area contributed by atoms with E-state index < -0.39 is 35.1 Å². The molecule has 6 nitrogen and oxygen atoms in total. The van der Waals surface area contributed by atoms with E-state index in [1.165, 1.54) is 52.6 Å². The number of benzene rings is 3. The van der Waals surface area contributed by atoms with Gasteiger partial charge in [0.2, 0.25) is 0 Å². The van der Waals surface area contributed by atoms with E-state index in [4.69, 9.17) is 4.74 Å². The number of ether oxygens (including phenoxy) is 1. The Labute approximate surface area is 202 Å². The van der Waals surface area contributed by atoms with Crippen LogP contribution in [0.5, 0.6) is 5.75 Å². The molecule has 3 aromatic carbocycles. The Hall–Kier alpha value is -4.11. The highest BCUT2D eigenvalue weighted by Gasteiger charge is 2.48. The molecule has 4 aromatic rings. The van der Waals surface area contributed by atoms with Gasteiger partial charge in [-0.2, -0.15) is 0 Å². The number of carbonyl (C=O) groups excluding carboxylic acids is 2. The van der Waals surface area contributed by atoms with Gasteiger partial charge in [0.15, 0.2) is 5.13 Å². The van der Waals surface area contributed by atoms with Gasteiger partial charge in [-0.1, -0.05) is 23.5 Å². The number of aromatic nitrogens is 1. The zero-order chi connectivity index (χ0) is 24.7. The van der Waals surface area contributed by atoms with Crippen LogP contribution in [0, 0.1) is 11.6 Å². The molecule has 1 aliphatic rings. The van der Waals surface area contributed by atoms with Crippen molar-refractivity contribution in [2.75, 3.05) is 11.5 Å². The quantitative estimate of drug-likeness (QED) is 0.223. The van der Waals surface area contributed by atoms with E-state index in [1.807, 2.05) is 6.92 Å². The molecule has 1 unspecified atom stereocenters. The van der Waals surface area contributed by atoms with Crippen LogP contribution in [0.25, 0.3) is 16.0 Å². The first-order chi connectivity index (χ1) is 16.9. The lowest BCUT2D eigenvalue weighted by Crippen LogP contribution is -2.29. The highest BCUT2D eigenvalue weighted by atomic mass is 32.1. The van der Waals surface area contributed by atoms with Gasteiger partial charge >= 0.3 is 5.91 Å². The molecule has 1 fully saturated rings. The third kappa shape index (κ3) is 4.04. The molecule has 176 valence electrons. The number of rotatable bonds is 5. The summed E-state index contributed by atoms with van der Waals surface area (Å²) in [6, 6.07) is 14.4. The van der Waals surface area contributed by atoms with Crippen molar-refractivity contribution in [3.63, 3.8) is 0 Å². The maximum absolute atomic E-state index is 13.7. The van der Waals surface area contributed by atoms with Crippen molar-refractivity contribution in [2.45, 2.75) is 13.0 Å². The number of anilines is 1. The van der Waals surface area contributed by atoms with Crippen LogP contribution in [0.2, 0.25) is 0 Å². The summed E-state index contributed by atoms with van der Waals surface area (Å²) in [4.78, 5) is 32.2. The normalized spacial score (nSPS) is 17.3. The molecule has 1 saturated heterocycles. The summed E-state index contributed by atoms with van der Waals surface area (Å²) in [5, 5.41) is 11.3. The average Bonchev–Trinajstić information content (AvgIpc) is 3.38. The predicted molar refractivity (Wildman–Crippen MR) is 128 cm³/mol. The lowest BCUT2D eigenvalue weighted by Gasteiger charge is -2.23. The van der Waals surface area contributed by atoms with E-state index in [9.17, 15) is 23.5 Å². The smallest absolute Gasteiger partial charge is 0.301 e. The number of hydrogen-bond acceptors (Lipinski definition) is 6. The van der Waals surface area contributed by atoms with Gasteiger partial charge in [0.25, 0.3) is 5.78 Å². The fourth-order valence-corrected chi connectivity index (χ4v) is 5.03. The van der Waals surface area contributed by atoms with Crippen molar-refractivity contribution in [3.8, 4) is 5.75 Å². The number of aliphatic hydroxyl groups excluding tert-OH is 1. The van der Waals surface area contributed by atoms with E-state index in [2.05, 4.69) is 4.98 Å².